The number of rotatable bonds is 4. The Morgan fingerprint density at radius 2 is 1.79 bits per heavy atom. The van der Waals surface area contributed by atoms with Crippen molar-refractivity contribution in [2.24, 2.45) is 0 Å². The van der Waals surface area contributed by atoms with E-state index < -0.39 is 20.0 Å². The Morgan fingerprint density at radius 1 is 1.08 bits per heavy atom. The zero-order valence-electron chi connectivity index (χ0n) is 13.3. The fourth-order valence-electron chi connectivity index (χ4n) is 2.72. The van der Waals surface area contributed by atoms with Gasteiger partial charge in [-0.25, -0.2) is 26.1 Å². The van der Waals surface area contributed by atoms with Crippen molar-refractivity contribution < 1.29 is 21.3 Å². The van der Waals surface area contributed by atoms with Crippen LogP contribution in [0.25, 0.3) is 11.1 Å². The Morgan fingerprint density at radius 3 is 2.54 bits per heavy atom. The van der Waals surface area contributed by atoms with Crippen LogP contribution in [0.2, 0.25) is 0 Å². The summed E-state index contributed by atoms with van der Waals surface area (Å²) in [6.07, 6.45) is 1.73. The molecule has 1 aliphatic rings. The standard InChI is InChI=1S/C14H19N3O5S2/c1-2-23(18,19)16-6-3-7-17(9-8-16)24(20,21)12-4-5-13-14(10-12)22-11-15-13/h4-5,10-11H,2-3,6-9H2,1H3. The Hall–Kier alpha value is -1.49. The third kappa shape index (κ3) is 3.18. The van der Waals surface area contributed by atoms with Crippen molar-refractivity contribution in [1.82, 2.24) is 13.6 Å². The number of hydrogen-bond acceptors (Lipinski definition) is 6. The van der Waals surface area contributed by atoms with Gasteiger partial charge in [0, 0.05) is 32.2 Å². The van der Waals surface area contributed by atoms with Crippen molar-refractivity contribution in [1.29, 1.82) is 0 Å². The van der Waals surface area contributed by atoms with E-state index in [0.717, 1.165) is 0 Å². The lowest BCUT2D eigenvalue weighted by Gasteiger charge is -2.21. The monoisotopic (exact) mass is 373 g/mol. The van der Waals surface area contributed by atoms with Gasteiger partial charge < -0.3 is 4.42 Å². The number of fused-ring (bicyclic) bond motifs is 1. The molecule has 8 nitrogen and oxygen atoms in total. The molecule has 0 spiro atoms. The molecule has 1 fully saturated rings. The normalized spacial score (nSPS) is 18.7. The van der Waals surface area contributed by atoms with Gasteiger partial charge in [0.25, 0.3) is 0 Å². The Kier molecular flexibility index (Phi) is 4.65. The van der Waals surface area contributed by atoms with Gasteiger partial charge in [0.2, 0.25) is 20.0 Å². The zero-order chi connectivity index (χ0) is 17.4. The first-order valence-corrected chi connectivity index (χ1v) is 10.7. The maximum absolute atomic E-state index is 12.8. The van der Waals surface area contributed by atoms with E-state index in [2.05, 4.69) is 4.98 Å². The average Bonchev–Trinajstić information content (AvgIpc) is 2.87. The lowest BCUT2D eigenvalue weighted by atomic mass is 10.3. The molecule has 1 aromatic carbocycles. The molecule has 0 saturated carbocycles. The molecule has 132 valence electrons. The number of aromatic nitrogens is 1. The number of sulfonamides is 2. The van der Waals surface area contributed by atoms with E-state index >= 15 is 0 Å². The maximum atomic E-state index is 12.8. The quantitative estimate of drug-likeness (QED) is 0.788. The van der Waals surface area contributed by atoms with E-state index in [0.29, 0.717) is 24.1 Å². The van der Waals surface area contributed by atoms with Crippen molar-refractivity contribution in [3.63, 3.8) is 0 Å². The first-order valence-electron chi connectivity index (χ1n) is 7.66. The average molecular weight is 373 g/mol. The second-order valence-corrected chi connectivity index (χ2v) is 9.73. The van der Waals surface area contributed by atoms with Gasteiger partial charge in [-0.2, -0.15) is 4.31 Å². The first kappa shape index (κ1) is 17.3. The highest BCUT2D eigenvalue weighted by Crippen LogP contribution is 2.22. The second kappa shape index (κ2) is 6.43. The summed E-state index contributed by atoms with van der Waals surface area (Å²) in [5.74, 6) is 0.0158. The summed E-state index contributed by atoms with van der Waals surface area (Å²) >= 11 is 0. The van der Waals surface area contributed by atoms with Crippen molar-refractivity contribution in [2.45, 2.75) is 18.2 Å². The van der Waals surface area contributed by atoms with Crippen molar-refractivity contribution in [3.8, 4) is 0 Å². The highest BCUT2D eigenvalue weighted by atomic mass is 32.2. The highest BCUT2D eigenvalue weighted by molar-refractivity contribution is 7.89. The van der Waals surface area contributed by atoms with Gasteiger partial charge in [0.15, 0.2) is 12.0 Å². The van der Waals surface area contributed by atoms with E-state index in [-0.39, 0.29) is 30.3 Å². The first-order chi connectivity index (χ1) is 11.3. The molecule has 1 aromatic heterocycles. The van der Waals surface area contributed by atoms with E-state index in [1.807, 2.05) is 0 Å². The van der Waals surface area contributed by atoms with E-state index in [4.69, 9.17) is 4.42 Å². The minimum Gasteiger partial charge on any atom is -0.443 e. The van der Waals surface area contributed by atoms with Crippen LogP contribution in [0.4, 0.5) is 0 Å². The van der Waals surface area contributed by atoms with Crippen LogP contribution in [0.3, 0.4) is 0 Å². The number of hydrogen-bond donors (Lipinski definition) is 0. The predicted octanol–water partition coefficient (Wildman–Crippen LogP) is 0.874. The fraction of sp³-hybridized carbons (Fsp3) is 0.500. The molecule has 1 saturated heterocycles. The van der Waals surface area contributed by atoms with Crippen LogP contribution in [0, 0.1) is 0 Å². The third-order valence-electron chi connectivity index (χ3n) is 4.11. The molecule has 0 radical (unpaired) electrons. The Balaban J connectivity index is 1.84. The van der Waals surface area contributed by atoms with Crippen LogP contribution in [0.5, 0.6) is 0 Å². The largest absolute Gasteiger partial charge is 0.443 e. The number of nitrogens with zero attached hydrogens (tertiary/aromatic N) is 3. The SMILES string of the molecule is CCS(=O)(=O)N1CCCN(S(=O)(=O)c2ccc3ncoc3c2)CC1. The van der Waals surface area contributed by atoms with Crippen molar-refractivity contribution in [2.75, 3.05) is 31.9 Å². The summed E-state index contributed by atoms with van der Waals surface area (Å²) in [5, 5.41) is 0. The summed E-state index contributed by atoms with van der Waals surface area (Å²) in [6, 6.07) is 4.53. The highest BCUT2D eigenvalue weighted by Gasteiger charge is 2.30. The molecule has 0 bridgehead atoms. The minimum atomic E-state index is -3.71. The summed E-state index contributed by atoms with van der Waals surface area (Å²) in [5.41, 5.74) is 0.992. The molecule has 0 amide bonds. The number of benzene rings is 1. The van der Waals surface area contributed by atoms with Gasteiger partial charge >= 0.3 is 0 Å². The lowest BCUT2D eigenvalue weighted by molar-refractivity contribution is 0.405. The Labute approximate surface area is 141 Å². The molecule has 2 heterocycles. The molecular formula is C14H19N3O5S2. The van der Waals surface area contributed by atoms with E-state index in [1.54, 1.807) is 13.0 Å². The molecule has 0 N–H and O–H groups in total. The lowest BCUT2D eigenvalue weighted by Crippen LogP contribution is -2.37. The van der Waals surface area contributed by atoms with Crippen LogP contribution in [-0.2, 0) is 20.0 Å². The van der Waals surface area contributed by atoms with Crippen LogP contribution in [0.15, 0.2) is 33.9 Å². The fourth-order valence-corrected chi connectivity index (χ4v) is 5.33. The molecule has 0 aliphatic carbocycles. The van der Waals surface area contributed by atoms with Gasteiger partial charge in [-0.15, -0.1) is 0 Å². The second-order valence-electron chi connectivity index (χ2n) is 5.54. The van der Waals surface area contributed by atoms with E-state index in [9.17, 15) is 16.8 Å². The molecular weight excluding hydrogens is 354 g/mol. The zero-order valence-corrected chi connectivity index (χ0v) is 14.9. The molecule has 10 heteroatoms. The Bertz CT molecular complexity index is 936. The summed E-state index contributed by atoms with van der Waals surface area (Å²) in [7, 11) is -7.02. The van der Waals surface area contributed by atoms with Crippen LogP contribution < -0.4 is 0 Å². The molecule has 3 rings (SSSR count). The molecule has 24 heavy (non-hydrogen) atoms. The van der Waals surface area contributed by atoms with Crippen LogP contribution in [-0.4, -0.2) is 62.4 Å². The topological polar surface area (TPSA) is 101 Å². The summed E-state index contributed by atoms with van der Waals surface area (Å²) in [6.45, 7) is 2.51. The van der Waals surface area contributed by atoms with Crippen molar-refractivity contribution >= 4 is 31.1 Å². The van der Waals surface area contributed by atoms with Gasteiger partial charge in [0.05, 0.1) is 10.6 Å². The predicted molar refractivity (Wildman–Crippen MR) is 88.4 cm³/mol. The maximum Gasteiger partial charge on any atom is 0.243 e. The summed E-state index contributed by atoms with van der Waals surface area (Å²) < 4.78 is 57.5. The van der Waals surface area contributed by atoms with Gasteiger partial charge in [-0.3, -0.25) is 0 Å². The minimum absolute atomic E-state index is 0.0158. The third-order valence-corrected chi connectivity index (χ3v) is 7.89. The summed E-state index contributed by atoms with van der Waals surface area (Å²) in [4.78, 5) is 4.09. The van der Waals surface area contributed by atoms with Gasteiger partial charge in [-0.05, 0) is 25.5 Å². The molecule has 0 unspecified atom stereocenters. The van der Waals surface area contributed by atoms with Gasteiger partial charge in [-0.1, -0.05) is 0 Å². The molecule has 1 aliphatic heterocycles. The number of oxazole rings is 1. The molecule has 0 atom stereocenters. The molecule has 2 aromatic rings. The van der Waals surface area contributed by atoms with Crippen molar-refractivity contribution in [3.05, 3.63) is 24.6 Å². The van der Waals surface area contributed by atoms with Crippen LogP contribution in [0.1, 0.15) is 13.3 Å². The van der Waals surface area contributed by atoms with E-state index in [1.165, 1.54) is 27.1 Å². The smallest absolute Gasteiger partial charge is 0.243 e. The van der Waals surface area contributed by atoms with Gasteiger partial charge in [0.1, 0.15) is 5.52 Å². The van der Waals surface area contributed by atoms with Crippen LogP contribution >= 0.6 is 0 Å².